The number of fused-ring (bicyclic) bond motifs is 1. The third-order valence-corrected chi connectivity index (χ3v) is 4.11. The number of aryl methyl sites for hydroxylation is 1. The van der Waals surface area contributed by atoms with Gasteiger partial charge in [0.1, 0.15) is 5.75 Å². The highest BCUT2D eigenvalue weighted by Crippen LogP contribution is 2.53. The minimum atomic E-state index is 0.209. The fourth-order valence-electron chi connectivity index (χ4n) is 2.63. The second kappa shape index (κ2) is 3.51. The van der Waals surface area contributed by atoms with Crippen molar-refractivity contribution in [3.05, 3.63) is 28.8 Å². The molecule has 1 atom stereocenters. The smallest absolute Gasteiger partial charge is 0.122 e. The van der Waals surface area contributed by atoms with Crippen molar-refractivity contribution < 1.29 is 4.74 Å². The molecule has 0 bridgehead atoms. The van der Waals surface area contributed by atoms with E-state index in [1.54, 1.807) is 7.11 Å². The lowest BCUT2D eigenvalue weighted by Gasteiger charge is -2.21. The van der Waals surface area contributed by atoms with Gasteiger partial charge in [-0.2, -0.15) is 0 Å². The van der Waals surface area contributed by atoms with Crippen LogP contribution in [0.1, 0.15) is 41.8 Å². The van der Waals surface area contributed by atoms with E-state index in [0.717, 1.165) is 12.2 Å². The molecule has 1 aromatic rings. The number of methoxy groups -OCH3 is 1. The molecule has 0 saturated heterocycles. The molecule has 15 heavy (non-hydrogen) atoms. The molecule has 1 nitrogen and oxygen atoms in total. The average Bonchev–Trinajstić information content (AvgIpc) is 2.39. The maximum Gasteiger partial charge on any atom is 0.122 e. The van der Waals surface area contributed by atoms with Crippen LogP contribution in [0.4, 0.5) is 0 Å². The van der Waals surface area contributed by atoms with E-state index in [4.69, 9.17) is 4.74 Å². The summed E-state index contributed by atoms with van der Waals surface area (Å²) in [6.07, 6.45) is 1.14. The Labute approximate surface area is 100.0 Å². The van der Waals surface area contributed by atoms with Crippen LogP contribution in [0.2, 0.25) is 0 Å². The zero-order chi connectivity index (χ0) is 11.2. The Bertz CT molecular complexity index is 396. The van der Waals surface area contributed by atoms with Crippen LogP contribution in [0.15, 0.2) is 12.1 Å². The molecule has 0 N–H and O–H groups in total. The van der Waals surface area contributed by atoms with Crippen LogP contribution in [0.25, 0.3) is 0 Å². The summed E-state index contributed by atoms with van der Waals surface area (Å²) >= 11 is 3.77. The predicted octanol–water partition coefficient (Wildman–Crippen LogP) is 4.12. The van der Waals surface area contributed by atoms with E-state index in [1.165, 1.54) is 16.7 Å². The largest absolute Gasteiger partial charge is 0.496 e. The molecule has 2 heteroatoms. The van der Waals surface area contributed by atoms with Gasteiger partial charge in [-0.25, -0.2) is 0 Å². The molecular weight excluding hydrogens is 252 g/mol. The Balaban J connectivity index is 2.71. The fourth-order valence-corrected chi connectivity index (χ4v) is 4.03. The number of rotatable bonds is 1. The summed E-state index contributed by atoms with van der Waals surface area (Å²) in [6.45, 7) is 6.75. The zero-order valence-corrected chi connectivity index (χ0v) is 11.3. The summed E-state index contributed by atoms with van der Waals surface area (Å²) in [4.78, 5) is 0.470. The van der Waals surface area contributed by atoms with Crippen molar-refractivity contribution in [1.82, 2.24) is 0 Å². The van der Waals surface area contributed by atoms with Gasteiger partial charge >= 0.3 is 0 Å². The molecular formula is C13H17BrO. The Morgan fingerprint density at radius 3 is 2.67 bits per heavy atom. The maximum atomic E-state index is 5.48. The molecule has 82 valence electrons. The molecule has 0 amide bonds. The molecule has 0 saturated carbocycles. The number of halogens is 1. The third kappa shape index (κ3) is 1.59. The maximum absolute atomic E-state index is 5.48. The number of benzene rings is 1. The van der Waals surface area contributed by atoms with Gasteiger partial charge in [-0.15, -0.1) is 0 Å². The third-order valence-electron chi connectivity index (χ3n) is 3.32. The van der Waals surface area contributed by atoms with Crippen molar-refractivity contribution in [3.8, 4) is 5.75 Å². The van der Waals surface area contributed by atoms with Crippen molar-refractivity contribution in [1.29, 1.82) is 0 Å². The standard InChI is InChI=1S/C13H17BrO/c1-8-5-6-10(15-4)12-11(8)9(14)7-13(12,2)3/h5-6,9H,7H2,1-4H3. The SMILES string of the molecule is COc1ccc(C)c2c1C(C)(C)CC2Br. The first kappa shape index (κ1) is 11.0. The van der Waals surface area contributed by atoms with Gasteiger partial charge in [0.15, 0.2) is 0 Å². The predicted molar refractivity (Wildman–Crippen MR) is 67.0 cm³/mol. The zero-order valence-electron chi connectivity index (χ0n) is 9.73. The number of alkyl halides is 1. The summed E-state index contributed by atoms with van der Waals surface area (Å²) in [5.41, 5.74) is 4.38. The van der Waals surface area contributed by atoms with Crippen molar-refractivity contribution in [2.45, 2.75) is 37.4 Å². The first-order chi connectivity index (χ1) is 6.97. The highest BCUT2D eigenvalue weighted by atomic mass is 79.9. The Kier molecular flexibility index (Phi) is 2.58. The van der Waals surface area contributed by atoms with Crippen molar-refractivity contribution in [2.75, 3.05) is 7.11 Å². The van der Waals surface area contributed by atoms with E-state index < -0.39 is 0 Å². The minimum Gasteiger partial charge on any atom is -0.496 e. The summed E-state index contributed by atoms with van der Waals surface area (Å²) < 4.78 is 5.48. The summed E-state index contributed by atoms with van der Waals surface area (Å²) in [7, 11) is 1.75. The molecule has 1 aliphatic rings. The molecule has 1 aromatic carbocycles. The van der Waals surface area contributed by atoms with Crippen LogP contribution in [0.5, 0.6) is 5.75 Å². The average molecular weight is 269 g/mol. The van der Waals surface area contributed by atoms with Gasteiger partial charge in [0.2, 0.25) is 0 Å². The van der Waals surface area contributed by atoms with Crippen LogP contribution in [0.3, 0.4) is 0 Å². The molecule has 0 aromatic heterocycles. The van der Waals surface area contributed by atoms with Gasteiger partial charge in [-0.3, -0.25) is 0 Å². The van der Waals surface area contributed by atoms with Crippen molar-refractivity contribution in [2.24, 2.45) is 0 Å². The first-order valence-electron chi connectivity index (χ1n) is 5.29. The lowest BCUT2D eigenvalue weighted by molar-refractivity contribution is 0.395. The van der Waals surface area contributed by atoms with E-state index >= 15 is 0 Å². The Morgan fingerprint density at radius 2 is 2.07 bits per heavy atom. The van der Waals surface area contributed by atoms with Gasteiger partial charge in [0.05, 0.1) is 7.11 Å². The first-order valence-corrected chi connectivity index (χ1v) is 6.21. The summed E-state index contributed by atoms with van der Waals surface area (Å²) in [5, 5.41) is 0. The quantitative estimate of drug-likeness (QED) is 0.697. The molecule has 1 unspecified atom stereocenters. The highest BCUT2D eigenvalue weighted by molar-refractivity contribution is 9.09. The lowest BCUT2D eigenvalue weighted by atomic mass is 9.85. The van der Waals surface area contributed by atoms with Crippen LogP contribution in [-0.2, 0) is 5.41 Å². The topological polar surface area (TPSA) is 9.23 Å². The van der Waals surface area contributed by atoms with E-state index in [1.807, 2.05) is 0 Å². The molecule has 0 spiro atoms. The minimum absolute atomic E-state index is 0.209. The number of hydrogen-bond donors (Lipinski definition) is 0. The van der Waals surface area contributed by atoms with Crippen molar-refractivity contribution >= 4 is 15.9 Å². The molecule has 0 radical (unpaired) electrons. The second-order valence-electron chi connectivity index (χ2n) is 4.93. The lowest BCUT2D eigenvalue weighted by Crippen LogP contribution is -2.13. The van der Waals surface area contributed by atoms with Crippen LogP contribution >= 0.6 is 15.9 Å². The van der Waals surface area contributed by atoms with Gasteiger partial charge < -0.3 is 4.74 Å². The second-order valence-corrected chi connectivity index (χ2v) is 6.03. The number of hydrogen-bond acceptors (Lipinski definition) is 1. The fraction of sp³-hybridized carbons (Fsp3) is 0.538. The van der Waals surface area contributed by atoms with Crippen LogP contribution < -0.4 is 4.74 Å². The van der Waals surface area contributed by atoms with Crippen molar-refractivity contribution in [3.63, 3.8) is 0 Å². The van der Waals surface area contributed by atoms with E-state index in [9.17, 15) is 0 Å². The number of ether oxygens (including phenoxy) is 1. The highest BCUT2D eigenvalue weighted by Gasteiger charge is 2.39. The van der Waals surface area contributed by atoms with Crippen LogP contribution in [-0.4, -0.2) is 7.11 Å². The monoisotopic (exact) mass is 268 g/mol. The normalized spacial score (nSPS) is 22.6. The molecule has 2 rings (SSSR count). The summed E-state index contributed by atoms with van der Waals surface area (Å²) in [5.74, 6) is 1.03. The van der Waals surface area contributed by atoms with E-state index in [-0.39, 0.29) is 5.41 Å². The van der Waals surface area contributed by atoms with E-state index in [2.05, 4.69) is 48.8 Å². The Hall–Kier alpha value is -0.500. The molecule has 0 aliphatic heterocycles. The Morgan fingerprint density at radius 1 is 1.40 bits per heavy atom. The van der Waals surface area contributed by atoms with Gasteiger partial charge in [0.25, 0.3) is 0 Å². The van der Waals surface area contributed by atoms with E-state index in [0.29, 0.717) is 4.83 Å². The van der Waals surface area contributed by atoms with Gasteiger partial charge in [-0.1, -0.05) is 35.8 Å². The van der Waals surface area contributed by atoms with Crippen LogP contribution in [0, 0.1) is 6.92 Å². The molecule has 0 fully saturated rings. The van der Waals surface area contributed by atoms with Gasteiger partial charge in [0, 0.05) is 10.4 Å². The summed E-state index contributed by atoms with van der Waals surface area (Å²) in [6, 6.07) is 4.23. The molecule has 0 heterocycles. The van der Waals surface area contributed by atoms with Gasteiger partial charge in [-0.05, 0) is 36.0 Å². The molecule has 1 aliphatic carbocycles.